The third-order valence-corrected chi connectivity index (χ3v) is 12.0. The molecule has 7 heteroatoms. The van der Waals surface area contributed by atoms with Gasteiger partial charge in [0.1, 0.15) is 28.4 Å². The number of benzene rings is 4. The lowest BCUT2D eigenvalue weighted by molar-refractivity contribution is 0.484. The Morgan fingerprint density at radius 1 is 0.492 bits per heavy atom. The predicted molar refractivity (Wildman–Crippen MR) is 243 cm³/mol. The van der Waals surface area contributed by atoms with Crippen molar-refractivity contribution in [2.24, 2.45) is 0 Å². The molecule has 0 aliphatic heterocycles. The molecule has 0 radical (unpaired) electrons. The number of aromatic nitrogens is 6. The maximum Gasteiger partial charge on any atom is 0.147 e. The van der Waals surface area contributed by atoms with Crippen LogP contribution in [-0.4, -0.2) is 28.7 Å². The highest BCUT2D eigenvalue weighted by Crippen LogP contribution is 2.42. The van der Waals surface area contributed by atoms with Gasteiger partial charge >= 0.3 is 0 Å². The molecule has 0 unspecified atom stereocenters. The van der Waals surface area contributed by atoms with E-state index < -0.39 is 0 Å². The van der Waals surface area contributed by atoms with Crippen molar-refractivity contribution in [2.75, 3.05) is 0 Å². The molecule has 59 heavy (non-hydrogen) atoms. The Kier molecular flexibility index (Phi) is 8.74. The van der Waals surface area contributed by atoms with E-state index in [0.717, 1.165) is 77.8 Å². The van der Waals surface area contributed by atoms with Crippen LogP contribution < -0.4 is 4.74 Å². The van der Waals surface area contributed by atoms with Crippen LogP contribution in [0.15, 0.2) is 122 Å². The van der Waals surface area contributed by atoms with Crippen LogP contribution in [0.4, 0.5) is 0 Å². The summed E-state index contributed by atoms with van der Waals surface area (Å²) in [4.78, 5) is 20.4. The number of imidazole rings is 2. The van der Waals surface area contributed by atoms with Crippen molar-refractivity contribution < 1.29 is 4.74 Å². The normalized spacial score (nSPS) is 12.3. The molecule has 6 heterocycles. The molecule has 6 aromatic heterocycles. The van der Waals surface area contributed by atoms with Crippen LogP contribution in [0, 0.1) is 0 Å². The predicted octanol–water partition coefficient (Wildman–Crippen LogP) is 14.0. The summed E-state index contributed by atoms with van der Waals surface area (Å²) in [6, 6.07) is 34.5. The number of fused-ring (bicyclic) bond motifs is 12. The van der Waals surface area contributed by atoms with Gasteiger partial charge < -0.3 is 4.74 Å². The third kappa shape index (κ3) is 5.85. The van der Waals surface area contributed by atoms with Gasteiger partial charge in [-0.1, -0.05) is 91.8 Å². The van der Waals surface area contributed by atoms with Gasteiger partial charge in [-0.15, -0.1) is 0 Å². The zero-order valence-corrected chi connectivity index (χ0v) is 34.9. The van der Waals surface area contributed by atoms with Crippen LogP contribution >= 0.6 is 0 Å². The van der Waals surface area contributed by atoms with E-state index in [9.17, 15) is 0 Å². The van der Waals surface area contributed by atoms with E-state index in [4.69, 9.17) is 24.7 Å². The molecular formula is C52H48N6O. The summed E-state index contributed by atoms with van der Waals surface area (Å²) in [6.45, 7) is 18.2. The zero-order valence-electron chi connectivity index (χ0n) is 34.9. The molecule has 0 N–H and O–H groups in total. The molecule has 0 saturated carbocycles. The lowest BCUT2D eigenvalue weighted by atomic mass is 9.86. The van der Waals surface area contributed by atoms with E-state index in [2.05, 4.69) is 155 Å². The van der Waals surface area contributed by atoms with Crippen LogP contribution in [0.1, 0.15) is 101 Å². The second kappa shape index (κ2) is 14.0. The summed E-state index contributed by atoms with van der Waals surface area (Å²) in [5.41, 5.74) is 14.3. The number of pyridine rings is 4. The minimum atomic E-state index is 0.315. The number of hydrogen-bond acceptors (Lipinski definition) is 5. The molecule has 4 aromatic carbocycles. The minimum absolute atomic E-state index is 0.315. The maximum atomic E-state index is 6.72. The average Bonchev–Trinajstić information content (AvgIpc) is 3.92. The van der Waals surface area contributed by atoms with Crippen LogP contribution in [-0.2, 0) is 0 Å². The monoisotopic (exact) mass is 772 g/mol. The van der Waals surface area contributed by atoms with Gasteiger partial charge in [0.05, 0.1) is 28.6 Å². The van der Waals surface area contributed by atoms with E-state index in [0.29, 0.717) is 23.7 Å². The van der Waals surface area contributed by atoms with Gasteiger partial charge in [0.25, 0.3) is 0 Å². The number of nitrogens with zero attached hydrogens (tertiary/aromatic N) is 6. The van der Waals surface area contributed by atoms with E-state index >= 15 is 0 Å². The van der Waals surface area contributed by atoms with Crippen molar-refractivity contribution in [2.45, 2.75) is 79.1 Å². The molecule has 0 atom stereocenters. The molecule has 10 aromatic rings. The van der Waals surface area contributed by atoms with E-state index in [-0.39, 0.29) is 0 Å². The summed E-state index contributed by atoms with van der Waals surface area (Å²) in [7, 11) is 0. The SMILES string of the molecule is CC(C)c1cccc(C(C)C)c1-c1ccc2c3ccc(Oc4ccc5c(c4)c4nccn4c4cccnc54)cc3c3ncc(-c4c(C(C)C)cccc4C(C)C)n3c2n1. The molecule has 292 valence electrons. The summed E-state index contributed by atoms with van der Waals surface area (Å²) in [6.07, 6.45) is 7.71. The molecule has 0 amide bonds. The van der Waals surface area contributed by atoms with Gasteiger partial charge in [0.2, 0.25) is 0 Å². The lowest BCUT2D eigenvalue weighted by Gasteiger charge is -2.21. The average molecular weight is 773 g/mol. The summed E-state index contributed by atoms with van der Waals surface area (Å²) >= 11 is 0. The Morgan fingerprint density at radius 3 is 1.73 bits per heavy atom. The highest BCUT2D eigenvalue weighted by molar-refractivity contribution is 6.13. The van der Waals surface area contributed by atoms with Crippen molar-refractivity contribution in [1.82, 2.24) is 28.7 Å². The third-order valence-electron chi connectivity index (χ3n) is 12.0. The Balaban J connectivity index is 1.22. The molecule has 7 nitrogen and oxygen atoms in total. The van der Waals surface area contributed by atoms with Crippen molar-refractivity contribution in [3.63, 3.8) is 0 Å². The molecule has 0 aliphatic rings. The smallest absolute Gasteiger partial charge is 0.147 e. The zero-order chi connectivity index (χ0) is 40.7. The number of hydrogen-bond donors (Lipinski definition) is 0. The van der Waals surface area contributed by atoms with Crippen molar-refractivity contribution in [3.8, 4) is 34.0 Å². The van der Waals surface area contributed by atoms with E-state index in [1.54, 1.807) is 0 Å². The highest BCUT2D eigenvalue weighted by atomic mass is 16.5. The van der Waals surface area contributed by atoms with Gasteiger partial charge in [0, 0.05) is 51.3 Å². The molecular weight excluding hydrogens is 725 g/mol. The first-order valence-corrected chi connectivity index (χ1v) is 20.9. The van der Waals surface area contributed by atoms with E-state index in [1.807, 2.05) is 30.7 Å². The molecule has 0 spiro atoms. The first-order valence-electron chi connectivity index (χ1n) is 20.9. The second-order valence-electron chi connectivity index (χ2n) is 17.1. The molecule has 10 rings (SSSR count). The maximum absolute atomic E-state index is 6.72. The van der Waals surface area contributed by atoms with Crippen molar-refractivity contribution in [3.05, 3.63) is 144 Å². The van der Waals surface area contributed by atoms with Crippen LogP contribution in [0.3, 0.4) is 0 Å². The fourth-order valence-corrected chi connectivity index (χ4v) is 9.21. The Labute approximate surface area is 344 Å². The first kappa shape index (κ1) is 36.7. The summed E-state index contributed by atoms with van der Waals surface area (Å²) in [5.74, 6) is 2.77. The van der Waals surface area contributed by atoms with Crippen LogP contribution in [0.25, 0.3) is 77.4 Å². The number of rotatable bonds is 8. The molecule has 0 saturated heterocycles. The lowest BCUT2D eigenvalue weighted by Crippen LogP contribution is -2.05. The molecule has 0 fully saturated rings. The minimum Gasteiger partial charge on any atom is -0.457 e. The topological polar surface area (TPSA) is 69.6 Å². The van der Waals surface area contributed by atoms with Gasteiger partial charge in [0.15, 0.2) is 0 Å². The van der Waals surface area contributed by atoms with Crippen LogP contribution in [0.5, 0.6) is 11.5 Å². The fraction of sp³-hybridized carbons (Fsp3) is 0.231. The van der Waals surface area contributed by atoms with Crippen LogP contribution in [0.2, 0.25) is 0 Å². The van der Waals surface area contributed by atoms with Crippen molar-refractivity contribution in [1.29, 1.82) is 0 Å². The first-order chi connectivity index (χ1) is 28.6. The Bertz CT molecular complexity index is 3220. The Morgan fingerprint density at radius 2 is 1.08 bits per heavy atom. The summed E-state index contributed by atoms with van der Waals surface area (Å²) < 4.78 is 11.1. The second-order valence-corrected chi connectivity index (χ2v) is 17.1. The number of ether oxygens (including phenoxy) is 1. The standard InChI is InChI=1S/C52H48N6O/c1-29(2)35-12-9-13-36(30(3)4)47(35)44-22-21-41-39-19-17-33(59-34-18-20-40-43(27-34)50-54-24-25-57(50)45-16-11-23-53-49(40)45)26-42(39)51-55-28-46(58(51)52(41)56-44)48-37(31(5)6)14-10-15-38(48)32(7)8/h9-32H,1-8H3. The highest BCUT2D eigenvalue weighted by Gasteiger charge is 2.24. The van der Waals surface area contributed by atoms with Gasteiger partial charge in [-0.2, -0.15) is 0 Å². The largest absolute Gasteiger partial charge is 0.457 e. The van der Waals surface area contributed by atoms with Gasteiger partial charge in [-0.05, 0) is 112 Å². The van der Waals surface area contributed by atoms with Gasteiger partial charge in [-0.25, -0.2) is 15.0 Å². The molecule has 0 bridgehead atoms. The Hall–Kier alpha value is -6.60. The molecule has 0 aliphatic carbocycles. The fourth-order valence-electron chi connectivity index (χ4n) is 9.21. The van der Waals surface area contributed by atoms with Gasteiger partial charge in [-0.3, -0.25) is 13.8 Å². The summed E-state index contributed by atoms with van der Waals surface area (Å²) in [5, 5.41) is 5.16. The quantitative estimate of drug-likeness (QED) is 0.144. The van der Waals surface area contributed by atoms with Crippen molar-refractivity contribution >= 4 is 54.9 Å². The van der Waals surface area contributed by atoms with E-state index in [1.165, 1.54) is 33.4 Å².